The smallest absolute Gasteiger partial charge is 0.273 e. The van der Waals surface area contributed by atoms with Crippen LogP contribution in [0.5, 0.6) is 0 Å². The number of carbonyl (C=O) groups excluding carboxylic acids is 2. The molecule has 0 unspecified atom stereocenters. The van der Waals surface area contributed by atoms with Crippen LogP contribution in [-0.2, 0) is 0 Å². The lowest BCUT2D eigenvalue weighted by Gasteiger charge is -2.41. The minimum absolute atomic E-state index is 0.0167. The maximum atomic E-state index is 12.9. The van der Waals surface area contributed by atoms with Gasteiger partial charge in [0.25, 0.3) is 5.91 Å². The predicted octanol–water partition coefficient (Wildman–Crippen LogP) is 4.67. The van der Waals surface area contributed by atoms with Crippen LogP contribution in [0.1, 0.15) is 59.9 Å². The average molecular weight is 369 g/mol. The van der Waals surface area contributed by atoms with E-state index >= 15 is 0 Å². The van der Waals surface area contributed by atoms with Gasteiger partial charge in [-0.15, -0.1) is 11.3 Å². The van der Waals surface area contributed by atoms with Gasteiger partial charge in [0.15, 0.2) is 5.78 Å². The normalized spacial score (nSPS) is 22.7. The molecule has 5 heteroatoms. The van der Waals surface area contributed by atoms with E-state index in [1.807, 2.05) is 34.5 Å². The highest BCUT2D eigenvalue weighted by molar-refractivity contribution is 7.13. The minimum atomic E-state index is 0.0167. The van der Waals surface area contributed by atoms with E-state index in [4.69, 9.17) is 0 Å². The molecule has 2 fully saturated rings. The van der Waals surface area contributed by atoms with Gasteiger partial charge in [-0.25, -0.2) is 4.98 Å². The summed E-state index contributed by atoms with van der Waals surface area (Å²) in [4.78, 5) is 31.4. The zero-order chi connectivity index (χ0) is 18.1. The number of aromatic nitrogens is 1. The van der Waals surface area contributed by atoms with Gasteiger partial charge in [0.1, 0.15) is 10.7 Å². The quantitative estimate of drug-likeness (QED) is 0.740. The fraction of sp³-hybridized carbons (Fsp3) is 0.476. The molecule has 1 saturated heterocycles. The summed E-state index contributed by atoms with van der Waals surface area (Å²) in [6.45, 7) is 3.28. The van der Waals surface area contributed by atoms with E-state index in [2.05, 4.69) is 4.98 Å². The molecule has 1 aliphatic heterocycles. The molecule has 1 aromatic carbocycles. The van der Waals surface area contributed by atoms with Crippen molar-refractivity contribution in [2.45, 2.75) is 39.0 Å². The maximum Gasteiger partial charge on any atom is 0.273 e. The summed E-state index contributed by atoms with van der Waals surface area (Å²) >= 11 is 1.44. The molecule has 0 spiro atoms. The largest absolute Gasteiger partial charge is 0.337 e. The molecule has 2 heterocycles. The number of rotatable bonds is 3. The van der Waals surface area contributed by atoms with Crippen LogP contribution in [0.2, 0.25) is 0 Å². The van der Waals surface area contributed by atoms with Crippen molar-refractivity contribution in [1.82, 2.24) is 9.88 Å². The highest BCUT2D eigenvalue weighted by Gasteiger charge is 2.33. The molecule has 0 radical (unpaired) electrons. The number of likely N-dealkylation sites (tertiary alicyclic amines) is 1. The summed E-state index contributed by atoms with van der Waals surface area (Å²) in [5.41, 5.74) is 1.98. The zero-order valence-electron chi connectivity index (χ0n) is 15.1. The van der Waals surface area contributed by atoms with Crippen molar-refractivity contribution in [3.63, 3.8) is 0 Å². The third-order valence-electron chi connectivity index (χ3n) is 5.84. The highest BCUT2D eigenvalue weighted by atomic mass is 32.1. The maximum absolute atomic E-state index is 12.9. The van der Waals surface area contributed by atoms with E-state index in [1.165, 1.54) is 37.0 Å². The second-order valence-electron chi connectivity index (χ2n) is 7.48. The SMILES string of the molecule is CC(=O)c1ccccc1-c1nc(C(=O)N2CC[C@@H]3CCCC[C@H]3C2)cs1. The molecule has 2 aromatic rings. The molecule has 0 N–H and O–H groups in total. The van der Waals surface area contributed by atoms with Crippen LogP contribution in [0.4, 0.5) is 0 Å². The Balaban J connectivity index is 1.53. The van der Waals surface area contributed by atoms with E-state index in [-0.39, 0.29) is 11.7 Å². The van der Waals surface area contributed by atoms with Crippen molar-refractivity contribution in [1.29, 1.82) is 0 Å². The number of thiazole rings is 1. The first kappa shape index (κ1) is 17.4. The average Bonchev–Trinajstić information content (AvgIpc) is 3.17. The predicted molar refractivity (Wildman–Crippen MR) is 104 cm³/mol. The number of nitrogens with zero attached hydrogens (tertiary/aromatic N) is 2. The summed E-state index contributed by atoms with van der Waals surface area (Å²) in [7, 11) is 0. The first-order chi connectivity index (χ1) is 12.6. The Morgan fingerprint density at radius 3 is 2.69 bits per heavy atom. The Hall–Kier alpha value is -2.01. The molecule has 2 aliphatic rings. The van der Waals surface area contributed by atoms with Gasteiger partial charge in [0.05, 0.1) is 0 Å². The summed E-state index contributed by atoms with van der Waals surface area (Å²) in [5, 5.41) is 2.58. The third-order valence-corrected chi connectivity index (χ3v) is 6.71. The van der Waals surface area contributed by atoms with E-state index in [0.29, 0.717) is 17.2 Å². The van der Waals surface area contributed by atoms with Crippen LogP contribution < -0.4 is 0 Å². The molecule has 1 saturated carbocycles. The monoisotopic (exact) mass is 368 g/mol. The van der Waals surface area contributed by atoms with Gasteiger partial charge in [0, 0.05) is 29.6 Å². The molecule has 136 valence electrons. The van der Waals surface area contributed by atoms with Gasteiger partial charge in [-0.05, 0) is 31.6 Å². The number of Topliss-reactive ketones (excluding diaryl/α,β-unsaturated/α-hetero) is 1. The van der Waals surface area contributed by atoms with Crippen LogP contribution in [0, 0.1) is 11.8 Å². The van der Waals surface area contributed by atoms with Gasteiger partial charge < -0.3 is 4.90 Å². The second kappa shape index (κ2) is 7.31. The fourth-order valence-electron chi connectivity index (χ4n) is 4.42. The van der Waals surface area contributed by atoms with Crippen molar-refractivity contribution in [2.24, 2.45) is 11.8 Å². The number of piperidine rings is 1. The molecule has 1 amide bonds. The second-order valence-corrected chi connectivity index (χ2v) is 8.34. The van der Waals surface area contributed by atoms with E-state index in [0.717, 1.165) is 36.0 Å². The Morgan fingerprint density at radius 2 is 1.88 bits per heavy atom. The fourth-order valence-corrected chi connectivity index (χ4v) is 5.25. The van der Waals surface area contributed by atoms with Gasteiger partial charge in [-0.2, -0.15) is 0 Å². The lowest BCUT2D eigenvalue weighted by atomic mass is 9.75. The van der Waals surface area contributed by atoms with Crippen LogP contribution in [0.15, 0.2) is 29.6 Å². The number of hydrogen-bond acceptors (Lipinski definition) is 4. The number of amides is 1. The summed E-state index contributed by atoms with van der Waals surface area (Å²) in [6.07, 6.45) is 6.35. The lowest BCUT2D eigenvalue weighted by molar-refractivity contribution is 0.0516. The summed E-state index contributed by atoms with van der Waals surface area (Å²) in [5.74, 6) is 1.53. The molecule has 0 bridgehead atoms. The Morgan fingerprint density at radius 1 is 1.12 bits per heavy atom. The van der Waals surface area contributed by atoms with Gasteiger partial charge in [-0.3, -0.25) is 9.59 Å². The van der Waals surface area contributed by atoms with Gasteiger partial charge in [0.2, 0.25) is 0 Å². The van der Waals surface area contributed by atoms with Crippen molar-refractivity contribution >= 4 is 23.0 Å². The van der Waals surface area contributed by atoms with Crippen LogP contribution in [-0.4, -0.2) is 34.7 Å². The lowest BCUT2D eigenvalue weighted by Crippen LogP contribution is -2.44. The summed E-state index contributed by atoms with van der Waals surface area (Å²) < 4.78 is 0. The highest BCUT2D eigenvalue weighted by Crippen LogP contribution is 2.36. The minimum Gasteiger partial charge on any atom is -0.337 e. The van der Waals surface area contributed by atoms with Crippen molar-refractivity contribution in [3.05, 3.63) is 40.9 Å². The van der Waals surface area contributed by atoms with Crippen molar-refractivity contribution in [2.75, 3.05) is 13.1 Å². The topological polar surface area (TPSA) is 50.3 Å². The van der Waals surface area contributed by atoms with E-state index in [1.54, 1.807) is 6.92 Å². The zero-order valence-corrected chi connectivity index (χ0v) is 15.9. The molecule has 26 heavy (non-hydrogen) atoms. The van der Waals surface area contributed by atoms with Crippen molar-refractivity contribution < 1.29 is 9.59 Å². The first-order valence-electron chi connectivity index (χ1n) is 9.48. The van der Waals surface area contributed by atoms with Crippen LogP contribution in [0.3, 0.4) is 0 Å². The van der Waals surface area contributed by atoms with Gasteiger partial charge in [-0.1, -0.05) is 43.5 Å². The molecular formula is C21H24N2O2S. The van der Waals surface area contributed by atoms with Gasteiger partial charge >= 0.3 is 0 Å². The Labute approximate surface area is 158 Å². The molecule has 4 nitrogen and oxygen atoms in total. The molecule has 4 rings (SSSR count). The Kier molecular flexibility index (Phi) is 4.90. The van der Waals surface area contributed by atoms with Crippen molar-refractivity contribution in [3.8, 4) is 10.6 Å². The van der Waals surface area contributed by atoms with E-state index < -0.39 is 0 Å². The molecule has 1 aliphatic carbocycles. The van der Waals surface area contributed by atoms with Crippen LogP contribution in [0.25, 0.3) is 10.6 Å². The number of hydrogen-bond donors (Lipinski definition) is 0. The summed E-state index contributed by atoms with van der Waals surface area (Å²) in [6, 6.07) is 7.47. The number of benzene rings is 1. The number of carbonyl (C=O) groups is 2. The van der Waals surface area contributed by atoms with Crippen LogP contribution >= 0.6 is 11.3 Å². The number of ketones is 1. The first-order valence-corrected chi connectivity index (χ1v) is 10.4. The molecular weight excluding hydrogens is 344 g/mol. The molecule has 1 aromatic heterocycles. The molecule has 2 atom stereocenters. The third kappa shape index (κ3) is 3.32. The standard InChI is InChI=1S/C21H24N2O2S/c1-14(24)17-8-4-5-9-18(17)20-22-19(13-26-20)21(25)23-11-10-15-6-2-3-7-16(15)12-23/h4-5,8-9,13,15-16H,2-3,6-7,10-12H2,1H3/t15-,16-/m0/s1. The number of fused-ring (bicyclic) bond motifs is 1. The van der Waals surface area contributed by atoms with E-state index in [9.17, 15) is 9.59 Å². The Bertz CT molecular complexity index is 829.